The summed E-state index contributed by atoms with van der Waals surface area (Å²) in [4.78, 5) is 0. The molecule has 0 saturated carbocycles. The number of benzene rings is 2. The van der Waals surface area contributed by atoms with Crippen molar-refractivity contribution in [1.29, 1.82) is 0 Å². The standard InChI is InChI=1S/2C13H15.2CH3.2ClH.Si.Zr/c2*1-4-11-6-5-10(3)12-7-9(2)8-13(11)12;;;;;;/h2*5-8H,4H2,1-3H3;2*1H3;2*1H;;/q4*-1;;;;+2/p-2. The van der Waals surface area contributed by atoms with E-state index in [-0.39, 0.29) is 39.7 Å². The summed E-state index contributed by atoms with van der Waals surface area (Å²) in [6, 6.07) is 18.1. The number of fused-ring (bicyclic) bond motifs is 2. The van der Waals surface area contributed by atoms with Gasteiger partial charge in [-0.1, -0.05) is 64.8 Å². The molecule has 0 aliphatic heterocycles. The number of hydrogen-bond acceptors (Lipinski definition) is 0. The van der Waals surface area contributed by atoms with Crippen LogP contribution in [0.3, 0.4) is 0 Å². The Bertz CT molecular complexity index is 990. The molecule has 0 aliphatic carbocycles. The van der Waals surface area contributed by atoms with Crippen LogP contribution in [0.5, 0.6) is 0 Å². The molecule has 4 rings (SSSR count). The van der Waals surface area contributed by atoms with Crippen LogP contribution in [0.25, 0.3) is 21.5 Å². The van der Waals surface area contributed by atoms with E-state index in [4.69, 9.17) is 0 Å². The topological polar surface area (TPSA) is 0 Å². The van der Waals surface area contributed by atoms with Crippen molar-refractivity contribution < 1.29 is 48.1 Å². The molecule has 0 fully saturated rings. The van der Waals surface area contributed by atoms with Gasteiger partial charge in [0.25, 0.3) is 0 Å². The van der Waals surface area contributed by atoms with Gasteiger partial charge in [0, 0.05) is 0 Å². The predicted octanol–water partition coefficient (Wildman–Crippen LogP) is 2.00. The molecule has 0 N–H and O–H groups in total. The summed E-state index contributed by atoms with van der Waals surface area (Å²) in [5.41, 5.74) is 8.46. The first-order valence-corrected chi connectivity index (χ1v) is 14.2. The molecular formula is C28H36Cl2SiZr-4. The Morgan fingerprint density at radius 1 is 0.656 bits per heavy atom. The summed E-state index contributed by atoms with van der Waals surface area (Å²) in [6.45, 7) is 16.2. The summed E-state index contributed by atoms with van der Waals surface area (Å²) in [5.74, 6) is 0. The van der Waals surface area contributed by atoms with Crippen LogP contribution < -0.4 is 24.8 Å². The van der Waals surface area contributed by atoms with Crippen LogP contribution >= 0.6 is 0 Å². The minimum atomic E-state index is 0. The summed E-state index contributed by atoms with van der Waals surface area (Å²) in [5, 5.41) is 5.74. The Balaban J connectivity index is -0.000000437. The van der Waals surface area contributed by atoms with E-state index in [9.17, 15) is 0 Å². The summed E-state index contributed by atoms with van der Waals surface area (Å²) >= 11 is 1.36. The van der Waals surface area contributed by atoms with Gasteiger partial charge in [-0.15, -0.1) is 68.1 Å². The van der Waals surface area contributed by atoms with E-state index in [1.807, 2.05) is 0 Å². The first-order valence-electron chi connectivity index (χ1n) is 10.0. The van der Waals surface area contributed by atoms with E-state index in [0.717, 1.165) is 12.8 Å². The number of hydrogen-bond donors (Lipinski definition) is 0. The van der Waals surface area contributed by atoms with Crippen LogP contribution in [0.1, 0.15) is 47.2 Å². The van der Waals surface area contributed by atoms with Crippen molar-refractivity contribution >= 4 is 28.4 Å². The van der Waals surface area contributed by atoms with Crippen molar-refractivity contribution in [3.8, 4) is 0 Å². The molecule has 0 nitrogen and oxygen atoms in total. The molecule has 174 valence electrons. The second kappa shape index (κ2) is 16.9. The van der Waals surface area contributed by atoms with Crippen molar-refractivity contribution in [3.05, 3.63) is 96.8 Å². The zero-order chi connectivity index (χ0) is 20.8. The zero-order valence-electron chi connectivity index (χ0n) is 20.8. The van der Waals surface area contributed by atoms with Crippen molar-refractivity contribution in [2.75, 3.05) is 0 Å². The third-order valence-corrected chi connectivity index (χ3v) is 5.44. The summed E-state index contributed by atoms with van der Waals surface area (Å²) in [7, 11) is 0. The van der Waals surface area contributed by atoms with E-state index < -0.39 is 0 Å². The Morgan fingerprint density at radius 2 is 0.969 bits per heavy atom. The Labute approximate surface area is 226 Å². The van der Waals surface area contributed by atoms with Crippen LogP contribution in [-0.2, 0) is 36.2 Å². The fourth-order valence-electron chi connectivity index (χ4n) is 3.92. The van der Waals surface area contributed by atoms with Crippen LogP contribution in [0, 0.1) is 42.5 Å². The molecule has 0 atom stereocenters. The molecule has 0 unspecified atom stereocenters. The molecule has 4 aromatic carbocycles. The Morgan fingerprint density at radius 3 is 1.25 bits per heavy atom. The van der Waals surface area contributed by atoms with E-state index in [2.05, 4.69) is 97.0 Å². The monoisotopic (exact) mass is 560 g/mol. The molecule has 4 heteroatoms. The van der Waals surface area contributed by atoms with Gasteiger partial charge in [0.05, 0.1) is 0 Å². The van der Waals surface area contributed by atoms with Crippen molar-refractivity contribution in [2.45, 2.75) is 54.4 Å². The third kappa shape index (κ3) is 8.28. The van der Waals surface area contributed by atoms with E-state index in [0.29, 0.717) is 0 Å². The quantitative estimate of drug-likeness (QED) is 0.259. The Hall–Kier alpha value is -0.660. The fourth-order valence-corrected chi connectivity index (χ4v) is 3.92. The van der Waals surface area contributed by atoms with Crippen LogP contribution in [-0.4, -0.2) is 6.88 Å². The maximum absolute atomic E-state index is 3.06. The molecule has 0 saturated heterocycles. The van der Waals surface area contributed by atoms with Gasteiger partial charge in [-0.05, 0) is 12.8 Å². The van der Waals surface area contributed by atoms with Crippen LogP contribution in [0.4, 0.5) is 0 Å². The first-order chi connectivity index (χ1) is 13.4. The van der Waals surface area contributed by atoms with Gasteiger partial charge in [0.1, 0.15) is 0 Å². The van der Waals surface area contributed by atoms with Gasteiger partial charge in [-0.25, -0.2) is 0 Å². The van der Waals surface area contributed by atoms with Crippen LogP contribution in [0.15, 0.2) is 48.5 Å². The minimum absolute atomic E-state index is 0. The van der Waals surface area contributed by atoms with Crippen LogP contribution in [0.2, 0.25) is 0 Å². The number of aryl methyl sites for hydroxylation is 6. The molecule has 4 aromatic rings. The molecule has 32 heavy (non-hydrogen) atoms. The first kappa shape index (κ1) is 35.9. The van der Waals surface area contributed by atoms with E-state index in [1.54, 1.807) is 0 Å². The number of rotatable bonds is 2. The van der Waals surface area contributed by atoms with Gasteiger partial charge < -0.3 is 39.7 Å². The van der Waals surface area contributed by atoms with Gasteiger partial charge >= 0.3 is 30.2 Å². The molecular weight excluding hydrogens is 527 g/mol. The fraction of sp³-hybridized carbons (Fsp3) is 0.286. The van der Waals surface area contributed by atoms with Crippen molar-refractivity contribution in [2.24, 2.45) is 0 Å². The van der Waals surface area contributed by atoms with Gasteiger partial charge in [-0.3, -0.25) is 0 Å². The summed E-state index contributed by atoms with van der Waals surface area (Å²) in [6.07, 6.45) is 2.25. The van der Waals surface area contributed by atoms with E-state index >= 15 is 0 Å². The number of halogens is 2. The van der Waals surface area contributed by atoms with E-state index in [1.165, 1.54) is 78.3 Å². The second-order valence-electron chi connectivity index (χ2n) is 7.51. The van der Waals surface area contributed by atoms with Crippen molar-refractivity contribution in [3.63, 3.8) is 0 Å². The predicted molar refractivity (Wildman–Crippen MR) is 135 cm³/mol. The SMILES string of the molecule is CCc1ccc(C)c2[cH-]c(C)cc12.CCc1ccc(C)c2[cH-]c(C)cc12.[CH3-].[CH3-].[Cl-].[Cl-].[Si]=[Zr+2]. The molecule has 0 aromatic heterocycles. The Kier molecular flexibility index (Phi) is 18.9. The molecule has 0 bridgehead atoms. The normalized spacial score (nSPS) is 9.12. The summed E-state index contributed by atoms with van der Waals surface area (Å²) < 4.78 is 0. The maximum atomic E-state index is 3.06. The molecule has 0 heterocycles. The average Bonchev–Trinajstić information content (AvgIpc) is 3.28. The van der Waals surface area contributed by atoms with Crippen molar-refractivity contribution in [1.82, 2.24) is 0 Å². The average molecular weight is 563 g/mol. The molecule has 0 amide bonds. The molecule has 2 radical (unpaired) electrons. The third-order valence-electron chi connectivity index (χ3n) is 5.44. The van der Waals surface area contributed by atoms with Gasteiger partial charge in [0.15, 0.2) is 0 Å². The molecule has 0 aliphatic rings. The van der Waals surface area contributed by atoms with Gasteiger partial charge in [0.2, 0.25) is 0 Å². The second-order valence-corrected chi connectivity index (χ2v) is 7.51. The van der Waals surface area contributed by atoms with Gasteiger partial charge in [-0.2, -0.15) is 12.1 Å². The zero-order valence-corrected chi connectivity index (χ0v) is 25.8. The molecule has 0 spiro atoms.